The average molecular weight is 137 g/mol. The molecular weight excluding hydrogens is 129 g/mol. The topological polar surface area (TPSA) is 82.9 Å². The summed E-state index contributed by atoms with van der Waals surface area (Å²) in [5.41, 5.74) is 5.20. The molecule has 4 N–H and O–H groups in total. The Hall–Kier alpha value is -0.220. The van der Waals surface area contributed by atoms with Crippen LogP contribution in [0.25, 0.3) is 0 Å². The van der Waals surface area contributed by atoms with Crippen molar-refractivity contribution in [1.82, 2.24) is 0 Å². The zero-order chi connectivity index (χ0) is 6.41. The lowest BCUT2D eigenvalue weighted by atomic mass is 11.7. The summed E-state index contributed by atoms with van der Waals surface area (Å²) in [6.45, 7) is 3.05. The van der Waals surface area contributed by atoms with Crippen LogP contribution in [-0.4, -0.2) is 13.1 Å². The highest BCUT2D eigenvalue weighted by Crippen LogP contribution is 2.25. The summed E-state index contributed by atoms with van der Waals surface area (Å²) >= 11 is 0. The third-order valence-corrected chi connectivity index (χ3v) is 1.09. The maximum absolute atomic E-state index is 5.20. The number of oxime groups is 1. The molecule has 0 amide bonds. The molecule has 0 radical (unpaired) electrons. The van der Waals surface area contributed by atoms with Crippen LogP contribution in [0.15, 0.2) is 5.16 Å². The summed E-state index contributed by atoms with van der Waals surface area (Å²) in [6, 6.07) is 0. The molecule has 0 aromatic carbocycles. The summed E-state index contributed by atoms with van der Waals surface area (Å²) in [5.74, 6) is 4.65. The molecule has 0 bridgehead atoms. The van der Waals surface area contributed by atoms with Gasteiger partial charge in [0.2, 0.25) is 8.30 Å². The Labute approximate surface area is 48.5 Å². The van der Waals surface area contributed by atoms with E-state index in [2.05, 4.69) is 27.2 Å². The van der Waals surface area contributed by atoms with Gasteiger partial charge < -0.3 is 4.62 Å². The zero-order valence-corrected chi connectivity index (χ0v) is 5.17. The lowest BCUT2D eigenvalue weighted by Crippen LogP contribution is -2.03. The van der Waals surface area contributed by atoms with E-state index in [0.29, 0.717) is 0 Å². The number of hydrogen-bond donors (Lipinski definition) is 2. The normalized spacial score (nSPS) is 12.8. The van der Waals surface area contributed by atoms with Crippen LogP contribution in [0.1, 0.15) is 0 Å². The van der Waals surface area contributed by atoms with Crippen molar-refractivity contribution in [2.75, 3.05) is 6.35 Å². The first-order valence-corrected chi connectivity index (χ1v) is 3.29. The monoisotopic (exact) mass is 137 g/mol. The first-order chi connectivity index (χ1) is 3.81. The fraction of sp³-hybridized carbons (Fsp3) is 0.500. The Morgan fingerprint density at radius 2 is 2.38 bits per heavy atom. The maximum atomic E-state index is 5.20. The molecule has 0 aliphatic rings. The van der Waals surface area contributed by atoms with Gasteiger partial charge in [-0.15, -0.1) is 0 Å². The molecule has 1 unspecified atom stereocenters. The Morgan fingerprint density at radius 1 is 1.75 bits per heavy atom. The predicted octanol–water partition coefficient (Wildman–Crippen LogP) is -0.263. The van der Waals surface area contributed by atoms with Crippen LogP contribution in [-0.2, 0) is 9.46 Å². The van der Waals surface area contributed by atoms with Crippen molar-refractivity contribution in [2.45, 2.75) is 0 Å². The molecule has 0 aliphatic carbocycles. The zero-order valence-electron chi connectivity index (χ0n) is 4.28. The molecule has 0 saturated carbocycles. The molecule has 0 heterocycles. The van der Waals surface area contributed by atoms with Crippen molar-refractivity contribution in [1.29, 1.82) is 0 Å². The van der Waals surface area contributed by atoms with Gasteiger partial charge in [0.15, 0.2) is 0 Å². The van der Waals surface area contributed by atoms with Crippen molar-refractivity contribution in [2.24, 2.45) is 16.6 Å². The minimum Gasteiger partial charge on any atom is -0.359 e. The highest BCUT2D eigenvalue weighted by Gasteiger charge is 1.99. The third kappa shape index (κ3) is 3.95. The van der Waals surface area contributed by atoms with Crippen molar-refractivity contribution in [3.05, 3.63) is 0 Å². The van der Waals surface area contributed by atoms with Crippen LogP contribution in [0.5, 0.6) is 0 Å². The van der Waals surface area contributed by atoms with Gasteiger partial charge in [0.25, 0.3) is 0 Å². The van der Waals surface area contributed by atoms with E-state index >= 15 is 0 Å². The molecular formula is C2H8N3O2P. The Morgan fingerprint density at radius 3 is 2.75 bits per heavy atom. The van der Waals surface area contributed by atoms with E-state index < -0.39 is 8.30 Å². The Balaban J connectivity index is 3.03. The largest absolute Gasteiger partial charge is 0.359 e. The maximum Gasteiger partial charge on any atom is 0.220 e. The van der Waals surface area contributed by atoms with Crippen molar-refractivity contribution in [3.8, 4) is 0 Å². The second-order valence-corrected chi connectivity index (χ2v) is 2.18. The first kappa shape index (κ1) is 7.78. The van der Waals surface area contributed by atoms with E-state index in [-0.39, 0.29) is 6.35 Å². The number of nitrogens with zero attached hydrogens (tertiary/aromatic N) is 1. The van der Waals surface area contributed by atoms with Gasteiger partial charge in [0.1, 0.15) is 6.35 Å². The fourth-order valence-electron chi connectivity index (χ4n) is 0.171. The minimum atomic E-state index is -1.16. The molecule has 0 fully saturated rings. The fourth-order valence-corrected chi connectivity index (χ4v) is 0.514. The van der Waals surface area contributed by atoms with E-state index in [0.717, 1.165) is 0 Å². The lowest BCUT2D eigenvalue weighted by molar-refractivity contribution is 0.176. The summed E-state index contributed by atoms with van der Waals surface area (Å²) in [6.07, 6.45) is 0.175. The molecule has 0 saturated heterocycles. The third-order valence-electron chi connectivity index (χ3n) is 0.364. The second-order valence-electron chi connectivity index (χ2n) is 0.924. The van der Waals surface area contributed by atoms with Crippen LogP contribution < -0.4 is 11.4 Å². The summed E-state index contributed by atoms with van der Waals surface area (Å²) in [5, 5.41) is 3.07. The van der Waals surface area contributed by atoms with E-state index in [1.54, 1.807) is 0 Å². The van der Waals surface area contributed by atoms with E-state index in [1.807, 2.05) is 0 Å². The quantitative estimate of drug-likeness (QED) is 0.317. The van der Waals surface area contributed by atoms with Crippen LogP contribution in [0.4, 0.5) is 0 Å². The predicted molar refractivity (Wildman–Crippen MR) is 31.9 cm³/mol. The van der Waals surface area contributed by atoms with E-state index in [9.17, 15) is 0 Å². The van der Waals surface area contributed by atoms with Gasteiger partial charge >= 0.3 is 0 Å². The molecule has 8 heavy (non-hydrogen) atoms. The minimum absolute atomic E-state index is 0.175. The summed E-state index contributed by atoms with van der Waals surface area (Å²) in [4.78, 5) is 4.15. The lowest BCUT2D eigenvalue weighted by Gasteiger charge is -2.03. The molecule has 0 aliphatic heterocycles. The summed E-state index contributed by atoms with van der Waals surface area (Å²) in [7, 11) is -1.16. The Kier molecular flexibility index (Phi) is 4.79. The molecule has 6 heteroatoms. The molecule has 48 valence electrons. The molecule has 1 atom stereocenters. The van der Waals surface area contributed by atoms with Gasteiger partial charge in [-0.25, -0.2) is 5.90 Å². The average Bonchev–Trinajstić information content (AvgIpc) is 1.68. The van der Waals surface area contributed by atoms with Gasteiger partial charge in [-0.2, -0.15) is 0 Å². The standard InChI is InChI=1S/C2H8N3O2P/c1-5-7-8(4)2-6-3/h1-4H2. The highest BCUT2D eigenvalue weighted by molar-refractivity contribution is 7.49. The van der Waals surface area contributed by atoms with Crippen LogP contribution in [0.3, 0.4) is 0 Å². The molecule has 0 rings (SSSR count). The smallest absolute Gasteiger partial charge is 0.220 e. The second kappa shape index (κ2) is 4.93. The number of hydrogen-bond acceptors (Lipinski definition) is 5. The molecule has 0 aromatic rings. The van der Waals surface area contributed by atoms with Crippen molar-refractivity contribution < 1.29 is 9.46 Å². The van der Waals surface area contributed by atoms with Gasteiger partial charge in [-0.05, 0) is 0 Å². The van der Waals surface area contributed by atoms with Crippen LogP contribution in [0, 0.1) is 0 Å². The number of rotatable bonds is 4. The van der Waals surface area contributed by atoms with Gasteiger partial charge in [-0.1, -0.05) is 5.16 Å². The highest BCUT2D eigenvalue weighted by atomic mass is 31.2. The number of nitrogens with two attached hydrogens (primary N) is 2. The van der Waals surface area contributed by atoms with Gasteiger partial charge in [0.05, 0.1) is 0 Å². The van der Waals surface area contributed by atoms with Gasteiger partial charge in [0, 0.05) is 6.72 Å². The molecule has 5 nitrogen and oxygen atoms in total. The van der Waals surface area contributed by atoms with Crippen LogP contribution >= 0.6 is 8.30 Å². The van der Waals surface area contributed by atoms with Crippen molar-refractivity contribution >= 4 is 15.0 Å². The van der Waals surface area contributed by atoms with Crippen LogP contribution in [0.2, 0.25) is 0 Å². The van der Waals surface area contributed by atoms with E-state index in [4.69, 9.17) is 5.50 Å². The van der Waals surface area contributed by atoms with Crippen molar-refractivity contribution in [3.63, 3.8) is 0 Å². The molecule has 0 aromatic heterocycles. The van der Waals surface area contributed by atoms with E-state index in [1.165, 1.54) is 0 Å². The first-order valence-electron chi connectivity index (χ1n) is 1.78. The molecule has 0 spiro atoms. The Bertz CT molecular complexity index is 70.3. The van der Waals surface area contributed by atoms with Gasteiger partial charge in [-0.3, -0.25) is 10.3 Å². The summed E-state index contributed by atoms with van der Waals surface area (Å²) < 4.78 is 4.43. The SMILES string of the molecule is C=NOP(N)CON.